The molecule has 0 bridgehead atoms. The van der Waals surface area contributed by atoms with Crippen LogP contribution in [0, 0.1) is 0 Å². The van der Waals surface area contributed by atoms with Gasteiger partial charge in [-0.25, -0.2) is 4.79 Å². The number of ether oxygens (including phenoxy) is 1. The van der Waals surface area contributed by atoms with Gasteiger partial charge in [-0.05, 0) is 54.4 Å². The molecule has 3 aromatic rings. The number of hydrogen-bond donors (Lipinski definition) is 3. The minimum Gasteiger partial charge on any atom is -0.457 e. The molecule has 4 rings (SSSR count). The number of benzene rings is 2. The fourth-order valence-corrected chi connectivity index (χ4v) is 6.51. The summed E-state index contributed by atoms with van der Waals surface area (Å²) in [6, 6.07) is 11.9. The van der Waals surface area contributed by atoms with Crippen molar-refractivity contribution in [3.05, 3.63) is 77.6 Å². The first-order valence-electron chi connectivity index (χ1n) is 11.7. The quantitative estimate of drug-likeness (QED) is 0.276. The molecule has 3 N–H and O–H groups in total. The molecular weight excluding hydrogens is 553 g/mol. The molecular formula is C26H23F3N4O4S2. The van der Waals surface area contributed by atoms with Gasteiger partial charge in [0.2, 0.25) is 0 Å². The zero-order valence-corrected chi connectivity index (χ0v) is 22.1. The molecule has 2 aromatic carbocycles. The van der Waals surface area contributed by atoms with Crippen LogP contribution in [0.5, 0.6) is 11.5 Å². The molecule has 13 heteroatoms. The predicted molar refractivity (Wildman–Crippen MR) is 145 cm³/mol. The molecule has 1 fully saturated rings. The minimum absolute atomic E-state index is 0.0635. The standard InChI is InChI=1S/C26H23F3N4O4S2/c1-30-24(35)21-14-19(8-10-31-21)37-18-6-4-16(5-7-18)32-25(36)33-17-3-2-15(20(13-17)26(27,28)29)12-22(34)23-9-11-38-39-23/h2-8,10,13-14,23H,9,11-12H2,1H3,(H,30,35)(H2,32,33,36). The second kappa shape index (κ2) is 12.4. The van der Waals surface area contributed by atoms with Gasteiger partial charge in [0.15, 0.2) is 5.78 Å². The van der Waals surface area contributed by atoms with E-state index in [1.54, 1.807) is 41.1 Å². The zero-order valence-electron chi connectivity index (χ0n) is 20.5. The highest BCUT2D eigenvalue weighted by Gasteiger charge is 2.35. The van der Waals surface area contributed by atoms with E-state index < -0.39 is 17.8 Å². The Hall–Kier alpha value is -3.71. The van der Waals surface area contributed by atoms with Crippen LogP contribution in [0.15, 0.2) is 60.8 Å². The Morgan fingerprint density at radius 3 is 2.38 bits per heavy atom. The molecule has 1 unspecified atom stereocenters. The average molecular weight is 577 g/mol. The van der Waals surface area contributed by atoms with E-state index in [4.69, 9.17) is 4.74 Å². The maximum Gasteiger partial charge on any atom is 0.416 e. The molecule has 39 heavy (non-hydrogen) atoms. The highest BCUT2D eigenvalue weighted by molar-refractivity contribution is 8.77. The van der Waals surface area contributed by atoms with Crippen LogP contribution in [0.1, 0.15) is 28.0 Å². The summed E-state index contributed by atoms with van der Waals surface area (Å²) < 4.78 is 46.9. The number of amides is 3. The van der Waals surface area contributed by atoms with E-state index in [-0.39, 0.29) is 40.3 Å². The summed E-state index contributed by atoms with van der Waals surface area (Å²) in [5.41, 5.74) is -0.591. The summed E-state index contributed by atoms with van der Waals surface area (Å²) in [5, 5.41) is 7.11. The molecule has 2 heterocycles. The van der Waals surface area contributed by atoms with E-state index in [1.165, 1.54) is 42.2 Å². The van der Waals surface area contributed by atoms with E-state index in [0.717, 1.165) is 11.8 Å². The number of rotatable bonds is 8. The van der Waals surface area contributed by atoms with Crippen molar-refractivity contribution in [2.75, 3.05) is 23.4 Å². The molecule has 0 aliphatic carbocycles. The molecule has 1 aliphatic heterocycles. The SMILES string of the molecule is CNC(=O)c1cc(Oc2ccc(NC(=O)Nc3ccc(CC(=O)C4CCSS4)c(C(F)(F)F)c3)cc2)ccn1. The number of nitrogens with zero attached hydrogens (tertiary/aromatic N) is 1. The third-order valence-corrected chi connectivity index (χ3v) is 8.46. The van der Waals surface area contributed by atoms with Crippen LogP contribution in [-0.4, -0.2) is 40.8 Å². The second-order valence-corrected chi connectivity index (χ2v) is 11.1. The molecule has 1 aliphatic rings. The lowest BCUT2D eigenvalue weighted by atomic mass is 9.99. The number of urea groups is 1. The fraction of sp³-hybridized carbons (Fsp3) is 0.231. The van der Waals surface area contributed by atoms with Gasteiger partial charge in [-0.15, -0.1) is 0 Å². The van der Waals surface area contributed by atoms with Crippen LogP contribution < -0.4 is 20.7 Å². The van der Waals surface area contributed by atoms with Crippen molar-refractivity contribution in [2.45, 2.75) is 24.3 Å². The number of aromatic nitrogens is 1. The number of carbonyl (C=O) groups is 3. The van der Waals surface area contributed by atoms with Gasteiger partial charge in [0, 0.05) is 42.9 Å². The Morgan fingerprint density at radius 1 is 1.00 bits per heavy atom. The van der Waals surface area contributed by atoms with Crippen LogP contribution in [0.25, 0.3) is 0 Å². The summed E-state index contributed by atoms with van der Waals surface area (Å²) in [4.78, 5) is 40.6. The molecule has 3 amide bonds. The fourth-order valence-electron chi connectivity index (χ4n) is 3.68. The summed E-state index contributed by atoms with van der Waals surface area (Å²) in [6.45, 7) is 0. The topological polar surface area (TPSA) is 109 Å². The molecule has 204 valence electrons. The van der Waals surface area contributed by atoms with E-state index in [1.807, 2.05) is 0 Å². The summed E-state index contributed by atoms with van der Waals surface area (Å²) in [7, 11) is 4.42. The normalized spacial score (nSPS) is 14.9. The van der Waals surface area contributed by atoms with Crippen molar-refractivity contribution in [2.24, 2.45) is 0 Å². The van der Waals surface area contributed by atoms with Gasteiger partial charge >= 0.3 is 12.2 Å². The van der Waals surface area contributed by atoms with Crippen molar-refractivity contribution >= 4 is 50.7 Å². The highest BCUT2D eigenvalue weighted by atomic mass is 33.1. The van der Waals surface area contributed by atoms with Gasteiger partial charge in [-0.3, -0.25) is 14.6 Å². The monoisotopic (exact) mass is 576 g/mol. The lowest BCUT2D eigenvalue weighted by molar-refractivity contribution is -0.138. The molecule has 1 atom stereocenters. The number of Topliss-reactive ketones (excluding diaryl/α,β-unsaturated/α-hetero) is 1. The lowest BCUT2D eigenvalue weighted by Crippen LogP contribution is -2.21. The number of carbonyl (C=O) groups excluding carboxylic acids is 3. The zero-order chi connectivity index (χ0) is 28.0. The summed E-state index contributed by atoms with van der Waals surface area (Å²) in [5.74, 6) is 1.00. The third-order valence-electron chi connectivity index (χ3n) is 5.58. The minimum atomic E-state index is -4.69. The van der Waals surface area contributed by atoms with Gasteiger partial charge in [-0.2, -0.15) is 13.2 Å². The van der Waals surface area contributed by atoms with Gasteiger partial charge in [0.05, 0.1) is 10.8 Å². The number of ketones is 1. The maximum absolute atomic E-state index is 13.7. The molecule has 1 aromatic heterocycles. The number of alkyl halides is 3. The van der Waals surface area contributed by atoms with Crippen LogP contribution in [0.2, 0.25) is 0 Å². The molecule has 8 nitrogen and oxygen atoms in total. The Morgan fingerprint density at radius 2 is 1.72 bits per heavy atom. The van der Waals surface area contributed by atoms with Crippen LogP contribution in [0.3, 0.4) is 0 Å². The molecule has 0 radical (unpaired) electrons. The van der Waals surface area contributed by atoms with E-state index in [2.05, 4.69) is 20.9 Å². The Kier molecular flexibility index (Phi) is 9.02. The number of halogens is 3. The van der Waals surface area contributed by atoms with Gasteiger partial charge in [-0.1, -0.05) is 27.7 Å². The number of anilines is 2. The first-order valence-corrected chi connectivity index (χ1v) is 14.1. The van der Waals surface area contributed by atoms with Gasteiger partial charge in [0.1, 0.15) is 17.2 Å². The van der Waals surface area contributed by atoms with Gasteiger partial charge < -0.3 is 20.7 Å². The summed E-state index contributed by atoms with van der Waals surface area (Å²) in [6.07, 6.45) is -2.93. The second-order valence-electron chi connectivity index (χ2n) is 8.37. The third kappa shape index (κ3) is 7.67. The van der Waals surface area contributed by atoms with E-state index >= 15 is 0 Å². The van der Waals surface area contributed by atoms with Crippen LogP contribution in [0.4, 0.5) is 29.3 Å². The molecule has 0 saturated carbocycles. The predicted octanol–water partition coefficient (Wildman–Crippen LogP) is 6.16. The van der Waals surface area contributed by atoms with Crippen LogP contribution >= 0.6 is 21.6 Å². The van der Waals surface area contributed by atoms with Crippen molar-refractivity contribution in [3.8, 4) is 11.5 Å². The lowest BCUT2D eigenvalue weighted by Gasteiger charge is -2.16. The number of hydrogen-bond acceptors (Lipinski definition) is 7. The largest absolute Gasteiger partial charge is 0.457 e. The number of nitrogens with one attached hydrogen (secondary N) is 3. The Balaban J connectivity index is 1.38. The summed E-state index contributed by atoms with van der Waals surface area (Å²) >= 11 is 0. The highest BCUT2D eigenvalue weighted by Crippen LogP contribution is 2.39. The maximum atomic E-state index is 13.7. The number of pyridine rings is 1. The van der Waals surface area contributed by atoms with Crippen molar-refractivity contribution in [1.82, 2.24) is 10.3 Å². The van der Waals surface area contributed by atoms with Crippen molar-refractivity contribution < 1.29 is 32.3 Å². The first kappa shape index (κ1) is 28.3. The molecule has 1 saturated heterocycles. The first-order chi connectivity index (χ1) is 18.6. The van der Waals surface area contributed by atoms with Crippen LogP contribution in [-0.2, 0) is 17.4 Å². The van der Waals surface area contributed by atoms with E-state index in [0.29, 0.717) is 23.6 Å². The van der Waals surface area contributed by atoms with Crippen molar-refractivity contribution in [3.63, 3.8) is 0 Å². The average Bonchev–Trinajstić information content (AvgIpc) is 3.45. The van der Waals surface area contributed by atoms with Crippen molar-refractivity contribution in [1.29, 1.82) is 0 Å². The Bertz CT molecular complexity index is 1360. The Labute approximate surface area is 229 Å². The van der Waals surface area contributed by atoms with Gasteiger partial charge in [0.25, 0.3) is 5.91 Å². The van der Waals surface area contributed by atoms with E-state index in [9.17, 15) is 27.6 Å². The molecule has 0 spiro atoms. The smallest absolute Gasteiger partial charge is 0.416 e.